The van der Waals surface area contributed by atoms with E-state index >= 15 is 0 Å². The number of anilines is 4. The van der Waals surface area contributed by atoms with Crippen LogP contribution in [-0.2, 0) is 54.9 Å². The molecule has 14 amide bonds. The van der Waals surface area contributed by atoms with Crippen molar-refractivity contribution in [2.45, 2.75) is 235 Å². The van der Waals surface area contributed by atoms with Gasteiger partial charge in [-0.05, 0) is 205 Å². The molecule has 0 aliphatic carbocycles. The molecule has 672 valence electrons. The monoisotopic (exact) mass is 1800 g/mol. The van der Waals surface area contributed by atoms with Crippen LogP contribution in [0.15, 0.2) is 73.3 Å². The van der Waals surface area contributed by atoms with Gasteiger partial charge in [0, 0.05) is 220 Å². The second-order valence-corrected chi connectivity index (χ2v) is 39.1. The van der Waals surface area contributed by atoms with Crippen molar-refractivity contribution in [3.8, 4) is 0 Å². The first-order valence-corrected chi connectivity index (χ1v) is 46.1. The highest BCUT2D eigenvalue weighted by Crippen LogP contribution is 2.42. The van der Waals surface area contributed by atoms with Gasteiger partial charge in [0.15, 0.2) is 20.5 Å². The van der Waals surface area contributed by atoms with Crippen molar-refractivity contribution in [1.29, 1.82) is 0 Å². The van der Waals surface area contributed by atoms with Crippen molar-refractivity contribution in [1.82, 2.24) is 100 Å². The number of thiazole rings is 4. The van der Waals surface area contributed by atoms with Crippen LogP contribution in [0.5, 0.6) is 0 Å². The number of hydrogen-bond donors (Lipinski definition) is 8. The smallest absolute Gasteiger partial charge is 0.325 e. The molecule has 0 saturated carbocycles. The lowest BCUT2D eigenvalue weighted by Crippen LogP contribution is -2.55. The lowest BCUT2D eigenvalue weighted by molar-refractivity contribution is -0.134. The maximum atomic E-state index is 13.3. The molecule has 0 aromatic carbocycles. The van der Waals surface area contributed by atoms with E-state index in [0.717, 1.165) is 152 Å². The number of nitrogens with zero attached hydrogens (tertiary/aromatic N) is 16. The number of pyridine rings is 4. The number of urea groups is 4. The average Bonchev–Trinajstić information content (AvgIpc) is 1.47. The van der Waals surface area contributed by atoms with Crippen LogP contribution >= 0.6 is 45.3 Å². The van der Waals surface area contributed by atoms with Gasteiger partial charge in [0.05, 0.1) is 24.2 Å². The third-order valence-corrected chi connectivity index (χ3v) is 29.0. The quantitative estimate of drug-likeness (QED) is 0.0329. The molecular formula is C88H116N24O10S4. The van der Waals surface area contributed by atoms with Gasteiger partial charge in [-0.15, -0.1) is 45.3 Å². The highest BCUT2D eigenvalue weighted by atomic mass is 32.1. The molecule has 34 nitrogen and oxygen atoms in total. The van der Waals surface area contributed by atoms with Crippen molar-refractivity contribution in [2.75, 3.05) is 86.7 Å². The third kappa shape index (κ3) is 22.6. The van der Waals surface area contributed by atoms with E-state index in [1.807, 2.05) is 102 Å². The van der Waals surface area contributed by atoms with Gasteiger partial charge in [0.2, 0.25) is 23.6 Å². The van der Waals surface area contributed by atoms with Crippen LogP contribution in [-0.4, -0.2) is 226 Å². The Kier molecular flexibility index (Phi) is 28.9. The first-order chi connectivity index (χ1) is 59.8. The largest absolute Gasteiger partial charge is 0.331 e. The minimum Gasteiger partial charge on any atom is -0.331 e. The van der Waals surface area contributed by atoms with E-state index in [-0.39, 0.29) is 108 Å². The molecule has 8 aromatic heterocycles. The Hall–Kier alpha value is -10.7. The number of amides is 14. The van der Waals surface area contributed by atoms with Crippen molar-refractivity contribution in [2.24, 2.45) is 0 Å². The first-order valence-electron chi connectivity index (χ1n) is 42.9. The fourth-order valence-electron chi connectivity index (χ4n) is 18.3. The van der Waals surface area contributed by atoms with Gasteiger partial charge in [-0.1, -0.05) is 0 Å². The van der Waals surface area contributed by atoms with Crippen molar-refractivity contribution >= 4 is 125 Å². The van der Waals surface area contributed by atoms with Gasteiger partial charge in [-0.3, -0.25) is 78.1 Å². The summed E-state index contributed by atoms with van der Waals surface area (Å²) in [6.45, 7) is 39.6. The number of aromatic nitrogens is 8. The van der Waals surface area contributed by atoms with Crippen LogP contribution in [0.2, 0.25) is 0 Å². The Bertz CT molecular complexity index is 4980. The standard InChI is InChI=1S/2C22H28N6O3S.2C22H30N6O2S/c2*1-13-9-17(10-14(2)24-13)12-28-19(30)22(26-21(28)31)5-7-27(8-6-22)15(3)18-11-23-20(32-18)25-16(4)29;2*1-14-9-18(10-15(2)24-14)12-28-13-22(26-21(28)30)5-7-27(8-6-22)16(3)19-11-23-20(31-19)25-17(4)29/h2*9-11,15H,5-8,12H2,1-4H3,(H,26,31)(H,23,25,29);2*9-11,16H,5-8,12-13H2,1-4H3,(H,26,30)(H,23,25,29)/t2*15-;2*16-/m1010/s1. The van der Waals surface area contributed by atoms with Crippen LogP contribution in [0.3, 0.4) is 0 Å². The first kappa shape index (κ1) is 92.9. The molecule has 0 radical (unpaired) electrons. The lowest BCUT2D eigenvalue weighted by Gasteiger charge is -2.41. The highest BCUT2D eigenvalue weighted by molar-refractivity contribution is 7.16. The topological polar surface area (TPSA) is 396 Å². The van der Waals surface area contributed by atoms with E-state index in [0.29, 0.717) is 85.5 Å². The predicted molar refractivity (Wildman–Crippen MR) is 484 cm³/mol. The molecule has 0 bridgehead atoms. The fourth-order valence-corrected chi connectivity index (χ4v) is 22.1. The molecular weight excluding hydrogens is 1680 g/mol. The zero-order valence-electron chi connectivity index (χ0n) is 74.7. The van der Waals surface area contributed by atoms with Crippen LogP contribution in [0.4, 0.5) is 39.7 Å². The third-order valence-electron chi connectivity index (χ3n) is 24.7. The van der Waals surface area contributed by atoms with E-state index in [1.165, 1.54) is 82.8 Å². The Morgan fingerprint density at radius 3 is 0.794 bits per heavy atom. The number of hydrogen-bond acceptors (Lipinski definition) is 26. The van der Waals surface area contributed by atoms with Crippen LogP contribution in [0.1, 0.15) is 218 Å². The van der Waals surface area contributed by atoms with Crippen molar-refractivity contribution in [3.05, 3.63) is 161 Å². The Morgan fingerprint density at radius 1 is 0.341 bits per heavy atom. The summed E-state index contributed by atoms with van der Waals surface area (Å²) in [6, 6.07) is 15.9. The van der Waals surface area contributed by atoms with E-state index in [2.05, 4.69) is 154 Å². The lowest BCUT2D eigenvalue weighted by atomic mass is 9.87. The summed E-state index contributed by atoms with van der Waals surface area (Å²) in [6.07, 6.45) is 13.2. The summed E-state index contributed by atoms with van der Waals surface area (Å²) >= 11 is 5.96. The molecule has 8 fully saturated rings. The SMILES string of the molecule is CC(=O)Nc1ncc([C@@H](C)N2CCC3(CC2)CN(Cc2cc(C)nc(C)c2)C(=O)N3)s1.CC(=O)Nc1ncc([C@@H](C)N2CCC3(CC2)NC(=O)N(Cc2cc(C)nc(C)c2)C3=O)s1.CC(=O)Nc1ncc([C@H](C)N2CCC3(CC2)CN(Cc2cc(C)nc(C)c2)C(=O)N3)s1.CC(=O)Nc1ncc([C@H](C)N2CCC3(CC2)NC(=O)N(Cc2cc(C)nc(C)c2)C3=O)s1. The molecule has 0 unspecified atom stereocenters. The van der Waals surface area contributed by atoms with Gasteiger partial charge < -0.3 is 52.3 Å². The molecule has 38 heteroatoms. The summed E-state index contributed by atoms with van der Waals surface area (Å²) in [4.78, 5) is 177. The number of rotatable bonds is 20. The van der Waals surface area contributed by atoms with Crippen LogP contribution in [0.25, 0.3) is 0 Å². The molecule has 126 heavy (non-hydrogen) atoms. The zero-order valence-corrected chi connectivity index (χ0v) is 77.9. The predicted octanol–water partition coefficient (Wildman–Crippen LogP) is 12.0. The van der Waals surface area contributed by atoms with Gasteiger partial charge in [-0.2, -0.15) is 0 Å². The number of nitrogens with one attached hydrogen (secondary N) is 8. The van der Waals surface area contributed by atoms with Crippen LogP contribution in [0, 0.1) is 55.4 Å². The van der Waals surface area contributed by atoms with Gasteiger partial charge in [-0.25, -0.2) is 39.1 Å². The Morgan fingerprint density at radius 2 is 0.563 bits per heavy atom. The normalized spacial score (nSPS) is 19.4. The molecule has 8 saturated heterocycles. The number of piperidine rings is 4. The molecule has 16 rings (SSSR count). The summed E-state index contributed by atoms with van der Waals surface area (Å²) in [5.74, 6) is -0.786. The number of imide groups is 2. The van der Waals surface area contributed by atoms with Crippen molar-refractivity contribution in [3.63, 3.8) is 0 Å². The zero-order chi connectivity index (χ0) is 90.4. The van der Waals surface area contributed by atoms with E-state index in [1.54, 1.807) is 12.4 Å². The minimum atomic E-state index is -0.834. The van der Waals surface area contributed by atoms with Gasteiger partial charge in [0.1, 0.15) is 11.1 Å². The molecule has 8 aliphatic rings. The minimum absolute atomic E-state index is 0.0241. The summed E-state index contributed by atoms with van der Waals surface area (Å²) < 4.78 is 0. The average molecular weight is 1800 g/mol. The molecule has 16 heterocycles. The molecule has 8 aliphatic heterocycles. The van der Waals surface area contributed by atoms with E-state index in [4.69, 9.17) is 0 Å². The molecule has 4 atom stereocenters. The van der Waals surface area contributed by atoms with Crippen molar-refractivity contribution < 1.29 is 47.9 Å². The maximum absolute atomic E-state index is 13.3. The Balaban J connectivity index is 0.000000144. The molecule has 4 spiro atoms. The van der Waals surface area contributed by atoms with Gasteiger partial charge in [0.25, 0.3) is 11.8 Å². The number of aryl methyl sites for hydroxylation is 8. The number of likely N-dealkylation sites (tertiary alicyclic amines) is 4. The molecule has 8 aromatic rings. The maximum Gasteiger partial charge on any atom is 0.325 e. The van der Waals surface area contributed by atoms with E-state index < -0.39 is 11.1 Å². The summed E-state index contributed by atoms with van der Waals surface area (Å²) in [5, 5.41) is 25.9. The Labute approximate surface area is 751 Å². The fraction of sp³-hybridized carbons (Fsp3) is 0.523. The van der Waals surface area contributed by atoms with E-state index in [9.17, 15) is 47.9 Å². The molecule has 8 N–H and O–H groups in total. The second-order valence-electron chi connectivity index (χ2n) is 34.8. The van der Waals surface area contributed by atoms with Gasteiger partial charge >= 0.3 is 24.1 Å². The summed E-state index contributed by atoms with van der Waals surface area (Å²) in [7, 11) is 0. The van der Waals surface area contributed by atoms with Crippen LogP contribution < -0.4 is 42.5 Å². The second kappa shape index (κ2) is 39.2. The number of carbonyl (C=O) groups is 10. The highest BCUT2D eigenvalue weighted by Gasteiger charge is 2.55. The summed E-state index contributed by atoms with van der Waals surface area (Å²) in [5.41, 5.74) is 9.50. The number of carbonyl (C=O) groups excluding carboxylic acids is 10.